The van der Waals surface area contributed by atoms with Gasteiger partial charge in [0.25, 0.3) is 5.56 Å². The van der Waals surface area contributed by atoms with Crippen molar-refractivity contribution in [1.82, 2.24) is 9.55 Å². The normalized spacial score (nSPS) is 20.3. The molecule has 14 heteroatoms. The standard InChI is InChI=1S/C21H24F7N5O2/c1-8-16-13(18(34)31-19(35)33(16)10-2-3-10)15(30)14(22)17(8)32-5-4-9(7-32)11(29)6-12(20(23,24)25)21(26,27)28/h9-12H,2-7,29-30H2,1H3,(H,31,34,35). The smallest absolute Gasteiger partial charge is 0.396 e. The van der Waals surface area contributed by atoms with Crippen LogP contribution in [0.25, 0.3) is 10.9 Å². The van der Waals surface area contributed by atoms with Crippen LogP contribution >= 0.6 is 0 Å². The Hall–Kier alpha value is -2.77. The van der Waals surface area contributed by atoms with Crippen molar-refractivity contribution >= 4 is 22.3 Å². The molecular weight excluding hydrogens is 487 g/mol. The number of rotatable bonds is 5. The highest BCUT2D eigenvalue weighted by Gasteiger charge is 2.57. The molecule has 4 rings (SSSR count). The van der Waals surface area contributed by atoms with E-state index >= 15 is 4.39 Å². The summed E-state index contributed by atoms with van der Waals surface area (Å²) in [7, 11) is 0. The minimum atomic E-state index is -5.50. The van der Waals surface area contributed by atoms with E-state index in [2.05, 4.69) is 4.98 Å². The molecule has 35 heavy (non-hydrogen) atoms. The zero-order valence-corrected chi connectivity index (χ0v) is 18.6. The van der Waals surface area contributed by atoms with Crippen molar-refractivity contribution in [1.29, 1.82) is 0 Å². The van der Waals surface area contributed by atoms with Crippen molar-refractivity contribution in [3.63, 3.8) is 0 Å². The number of alkyl halides is 6. The van der Waals surface area contributed by atoms with Gasteiger partial charge < -0.3 is 16.4 Å². The lowest BCUT2D eigenvalue weighted by atomic mass is 9.89. The number of aromatic nitrogens is 2. The Morgan fingerprint density at radius 3 is 2.23 bits per heavy atom. The second-order valence-electron chi connectivity index (χ2n) is 9.32. The number of aromatic amines is 1. The molecule has 1 aromatic carbocycles. The maximum atomic E-state index is 15.4. The Bertz CT molecular complexity index is 1250. The first kappa shape index (κ1) is 25.3. The second kappa shape index (κ2) is 8.42. The van der Waals surface area contributed by atoms with Crippen molar-refractivity contribution in [2.75, 3.05) is 23.7 Å². The van der Waals surface area contributed by atoms with Crippen molar-refractivity contribution in [2.45, 2.75) is 57.0 Å². The number of anilines is 2. The average molecular weight is 511 g/mol. The number of hydrogen-bond donors (Lipinski definition) is 3. The number of halogens is 7. The zero-order chi connectivity index (χ0) is 26.0. The number of nitrogen functional groups attached to an aromatic ring is 1. The maximum absolute atomic E-state index is 15.4. The van der Waals surface area contributed by atoms with Crippen molar-refractivity contribution in [3.8, 4) is 0 Å². The Balaban J connectivity index is 1.69. The SMILES string of the molecule is Cc1c(N2CCC(C(N)CC(C(F)(F)F)C(F)(F)F)C2)c(F)c(N)c2c(=O)[nH]c(=O)n(C3CC3)c12. The number of nitrogens with zero attached hydrogens (tertiary/aromatic N) is 2. The van der Waals surface area contributed by atoms with Crippen molar-refractivity contribution in [3.05, 3.63) is 32.2 Å². The fourth-order valence-electron chi connectivity index (χ4n) is 5.00. The molecule has 2 aliphatic rings. The fourth-order valence-corrected chi connectivity index (χ4v) is 5.00. The number of fused-ring (bicyclic) bond motifs is 1. The van der Waals surface area contributed by atoms with Gasteiger partial charge in [0, 0.05) is 30.7 Å². The summed E-state index contributed by atoms with van der Waals surface area (Å²) in [5.74, 6) is -5.28. The van der Waals surface area contributed by atoms with Gasteiger partial charge in [-0.2, -0.15) is 26.3 Å². The first-order chi connectivity index (χ1) is 16.1. The quantitative estimate of drug-likeness (QED) is 0.422. The summed E-state index contributed by atoms with van der Waals surface area (Å²) in [6.45, 7) is 1.48. The van der Waals surface area contributed by atoms with E-state index in [1.807, 2.05) is 0 Å². The molecule has 1 aromatic heterocycles. The van der Waals surface area contributed by atoms with Gasteiger partial charge in [-0.05, 0) is 38.5 Å². The fraction of sp³-hybridized carbons (Fsp3) is 0.619. The molecule has 2 aromatic rings. The van der Waals surface area contributed by atoms with Crippen LogP contribution in [0, 0.1) is 24.6 Å². The first-order valence-corrected chi connectivity index (χ1v) is 11.0. The van der Waals surface area contributed by atoms with Gasteiger partial charge in [-0.3, -0.25) is 14.3 Å². The molecule has 0 spiro atoms. The largest absolute Gasteiger partial charge is 0.400 e. The molecule has 0 amide bonds. The molecule has 7 nitrogen and oxygen atoms in total. The lowest BCUT2D eigenvalue weighted by Crippen LogP contribution is -2.43. The van der Waals surface area contributed by atoms with Gasteiger partial charge in [0.2, 0.25) is 0 Å². The van der Waals surface area contributed by atoms with E-state index in [9.17, 15) is 35.9 Å². The zero-order valence-electron chi connectivity index (χ0n) is 18.6. The molecule has 1 aliphatic heterocycles. The second-order valence-corrected chi connectivity index (χ2v) is 9.32. The van der Waals surface area contributed by atoms with Gasteiger partial charge in [-0.1, -0.05) is 0 Å². The van der Waals surface area contributed by atoms with Crippen LogP contribution in [-0.2, 0) is 0 Å². The van der Waals surface area contributed by atoms with Crippen LogP contribution in [0.5, 0.6) is 0 Å². The minimum absolute atomic E-state index is 0.0488. The van der Waals surface area contributed by atoms with Crippen molar-refractivity contribution < 1.29 is 30.7 Å². The number of nitrogens with one attached hydrogen (secondary N) is 1. The molecule has 5 N–H and O–H groups in total. The van der Waals surface area contributed by atoms with Gasteiger partial charge in [0.1, 0.15) is 0 Å². The van der Waals surface area contributed by atoms with Crippen LogP contribution in [0.3, 0.4) is 0 Å². The number of H-pyrrole nitrogens is 1. The van der Waals surface area contributed by atoms with Crippen LogP contribution in [0.15, 0.2) is 9.59 Å². The van der Waals surface area contributed by atoms with E-state index in [1.165, 1.54) is 16.4 Å². The summed E-state index contributed by atoms with van der Waals surface area (Å²) in [5.41, 5.74) is 10.1. The Morgan fingerprint density at radius 2 is 1.69 bits per heavy atom. The third kappa shape index (κ3) is 4.47. The van der Waals surface area contributed by atoms with Crippen molar-refractivity contribution in [2.24, 2.45) is 17.6 Å². The molecule has 2 heterocycles. The third-order valence-electron chi connectivity index (χ3n) is 6.92. The lowest BCUT2D eigenvalue weighted by molar-refractivity contribution is -0.287. The number of benzene rings is 1. The van der Waals surface area contributed by atoms with E-state index in [1.54, 1.807) is 0 Å². The van der Waals surface area contributed by atoms with E-state index in [0.717, 1.165) is 0 Å². The predicted octanol–water partition coefficient (Wildman–Crippen LogP) is 3.34. The summed E-state index contributed by atoms with van der Waals surface area (Å²) in [5, 5.41) is -0.180. The highest BCUT2D eigenvalue weighted by atomic mass is 19.4. The molecule has 0 radical (unpaired) electrons. The van der Waals surface area contributed by atoms with Crippen LogP contribution in [0.1, 0.15) is 37.3 Å². The van der Waals surface area contributed by atoms with E-state index in [4.69, 9.17) is 11.5 Å². The summed E-state index contributed by atoms with van der Waals surface area (Å²) in [6, 6.07) is -1.64. The summed E-state index contributed by atoms with van der Waals surface area (Å²) in [6.07, 6.45) is -10.9. The molecular formula is C21H24F7N5O2. The Morgan fingerprint density at radius 1 is 1.09 bits per heavy atom. The Labute approximate surface area is 193 Å². The molecule has 2 unspecified atom stereocenters. The number of nitrogens with two attached hydrogens (primary N) is 2. The van der Waals surface area contributed by atoms with Crippen LogP contribution < -0.4 is 27.6 Å². The summed E-state index contributed by atoms with van der Waals surface area (Å²) in [4.78, 5) is 28.5. The maximum Gasteiger partial charge on any atom is 0.400 e. The minimum Gasteiger partial charge on any atom is -0.396 e. The molecule has 0 bridgehead atoms. The molecule has 2 atom stereocenters. The number of hydrogen-bond acceptors (Lipinski definition) is 5. The average Bonchev–Trinajstić information content (AvgIpc) is 3.44. The van der Waals surface area contributed by atoms with E-state index in [0.29, 0.717) is 12.8 Å². The molecule has 1 saturated carbocycles. The van der Waals surface area contributed by atoms with Gasteiger partial charge in [-0.15, -0.1) is 0 Å². The molecule has 1 saturated heterocycles. The lowest BCUT2D eigenvalue weighted by Gasteiger charge is -2.29. The third-order valence-corrected chi connectivity index (χ3v) is 6.92. The van der Waals surface area contributed by atoms with Crippen LogP contribution in [0.2, 0.25) is 0 Å². The summed E-state index contributed by atoms with van der Waals surface area (Å²) < 4.78 is 94.6. The number of aryl methyl sites for hydroxylation is 1. The van der Waals surface area contributed by atoms with E-state index < -0.39 is 59.4 Å². The predicted molar refractivity (Wildman–Crippen MR) is 115 cm³/mol. The van der Waals surface area contributed by atoms with Gasteiger partial charge in [0.15, 0.2) is 11.7 Å². The topological polar surface area (TPSA) is 110 Å². The Kier molecular flexibility index (Phi) is 6.09. The van der Waals surface area contributed by atoms with Crippen LogP contribution in [0.4, 0.5) is 42.1 Å². The van der Waals surface area contributed by atoms with E-state index in [-0.39, 0.29) is 47.7 Å². The first-order valence-electron chi connectivity index (χ1n) is 11.0. The van der Waals surface area contributed by atoms with Gasteiger partial charge in [0.05, 0.1) is 22.3 Å². The highest BCUT2D eigenvalue weighted by Crippen LogP contribution is 2.44. The molecule has 194 valence electrons. The molecule has 1 aliphatic carbocycles. The monoisotopic (exact) mass is 511 g/mol. The van der Waals surface area contributed by atoms with Crippen LogP contribution in [-0.4, -0.2) is 41.0 Å². The molecule has 2 fully saturated rings. The van der Waals surface area contributed by atoms with Gasteiger partial charge in [-0.25, -0.2) is 9.18 Å². The van der Waals surface area contributed by atoms with Gasteiger partial charge >= 0.3 is 18.0 Å². The summed E-state index contributed by atoms with van der Waals surface area (Å²) >= 11 is 0. The highest BCUT2D eigenvalue weighted by molar-refractivity contribution is 5.97.